The SMILES string of the molecule is Fc1ccc(Br)c(CN2CCCCCC2)c1. The van der Waals surface area contributed by atoms with Crippen LogP contribution in [0.1, 0.15) is 31.2 Å². The Bertz CT molecular complexity index is 346. The van der Waals surface area contributed by atoms with Gasteiger partial charge in [0.1, 0.15) is 5.82 Å². The van der Waals surface area contributed by atoms with Crippen LogP contribution >= 0.6 is 15.9 Å². The first-order valence-electron chi connectivity index (χ1n) is 5.92. The van der Waals surface area contributed by atoms with Gasteiger partial charge in [0, 0.05) is 11.0 Å². The number of hydrogen-bond donors (Lipinski definition) is 0. The first kappa shape index (κ1) is 12.1. The first-order chi connectivity index (χ1) is 7.75. The lowest BCUT2D eigenvalue weighted by molar-refractivity contribution is 0.276. The van der Waals surface area contributed by atoms with E-state index in [-0.39, 0.29) is 5.82 Å². The maximum atomic E-state index is 13.1. The van der Waals surface area contributed by atoms with Crippen molar-refractivity contribution in [2.75, 3.05) is 13.1 Å². The molecular formula is C13H17BrFN. The molecule has 0 radical (unpaired) electrons. The van der Waals surface area contributed by atoms with Gasteiger partial charge < -0.3 is 0 Å². The predicted octanol–water partition coefficient (Wildman–Crippen LogP) is 3.96. The van der Waals surface area contributed by atoms with Crippen LogP contribution in [-0.4, -0.2) is 18.0 Å². The van der Waals surface area contributed by atoms with Crippen LogP contribution in [0, 0.1) is 5.82 Å². The minimum absolute atomic E-state index is 0.145. The van der Waals surface area contributed by atoms with Crippen LogP contribution in [0.15, 0.2) is 22.7 Å². The quantitative estimate of drug-likeness (QED) is 0.795. The molecule has 1 heterocycles. The van der Waals surface area contributed by atoms with Gasteiger partial charge in [-0.1, -0.05) is 28.8 Å². The van der Waals surface area contributed by atoms with Gasteiger partial charge in [-0.05, 0) is 49.7 Å². The van der Waals surface area contributed by atoms with Gasteiger partial charge in [0.05, 0.1) is 0 Å². The molecule has 1 nitrogen and oxygen atoms in total. The summed E-state index contributed by atoms with van der Waals surface area (Å²) >= 11 is 3.48. The van der Waals surface area contributed by atoms with Crippen molar-refractivity contribution >= 4 is 15.9 Å². The summed E-state index contributed by atoms with van der Waals surface area (Å²) in [7, 11) is 0. The van der Waals surface area contributed by atoms with Gasteiger partial charge in [0.2, 0.25) is 0 Å². The molecule has 3 heteroatoms. The van der Waals surface area contributed by atoms with Gasteiger partial charge in [-0.2, -0.15) is 0 Å². The van der Waals surface area contributed by atoms with E-state index in [4.69, 9.17) is 0 Å². The standard InChI is InChI=1S/C13H17BrFN/c14-13-6-5-12(15)9-11(13)10-16-7-3-1-2-4-8-16/h5-6,9H,1-4,7-8,10H2. The minimum atomic E-state index is -0.145. The number of hydrogen-bond acceptors (Lipinski definition) is 1. The molecule has 88 valence electrons. The Morgan fingerprint density at radius 3 is 2.50 bits per heavy atom. The average molecular weight is 286 g/mol. The van der Waals surface area contributed by atoms with Crippen molar-refractivity contribution in [3.05, 3.63) is 34.1 Å². The van der Waals surface area contributed by atoms with E-state index in [9.17, 15) is 4.39 Å². The molecule has 0 aliphatic carbocycles. The summed E-state index contributed by atoms with van der Waals surface area (Å²) in [6, 6.07) is 4.92. The van der Waals surface area contributed by atoms with Crippen LogP contribution < -0.4 is 0 Å². The van der Waals surface area contributed by atoms with Gasteiger partial charge in [0.25, 0.3) is 0 Å². The van der Waals surface area contributed by atoms with Crippen molar-refractivity contribution in [1.82, 2.24) is 4.90 Å². The summed E-state index contributed by atoms with van der Waals surface area (Å²) < 4.78 is 14.2. The van der Waals surface area contributed by atoms with E-state index in [1.54, 1.807) is 12.1 Å². The molecule has 1 aliphatic rings. The minimum Gasteiger partial charge on any atom is -0.299 e. The van der Waals surface area contributed by atoms with E-state index in [0.717, 1.165) is 29.7 Å². The molecule has 0 amide bonds. The highest BCUT2D eigenvalue weighted by Gasteiger charge is 2.11. The molecule has 0 N–H and O–H groups in total. The monoisotopic (exact) mass is 285 g/mol. The maximum absolute atomic E-state index is 13.1. The Labute approximate surface area is 105 Å². The van der Waals surface area contributed by atoms with Crippen molar-refractivity contribution in [2.45, 2.75) is 32.2 Å². The molecule has 0 atom stereocenters. The number of halogens is 2. The second-order valence-corrected chi connectivity index (χ2v) is 5.28. The van der Waals surface area contributed by atoms with Crippen LogP contribution in [0.4, 0.5) is 4.39 Å². The number of nitrogens with zero attached hydrogens (tertiary/aromatic N) is 1. The van der Waals surface area contributed by atoms with E-state index in [2.05, 4.69) is 20.8 Å². The molecule has 1 aromatic carbocycles. The van der Waals surface area contributed by atoms with Crippen LogP contribution in [-0.2, 0) is 6.54 Å². The summed E-state index contributed by atoms with van der Waals surface area (Å²) in [4.78, 5) is 2.42. The second-order valence-electron chi connectivity index (χ2n) is 4.43. The molecular weight excluding hydrogens is 269 g/mol. The van der Waals surface area contributed by atoms with Crippen LogP contribution in [0.5, 0.6) is 0 Å². The van der Waals surface area contributed by atoms with Crippen LogP contribution in [0.25, 0.3) is 0 Å². The van der Waals surface area contributed by atoms with E-state index in [1.807, 2.05) is 0 Å². The molecule has 1 aliphatic heterocycles. The van der Waals surface area contributed by atoms with E-state index < -0.39 is 0 Å². The third kappa shape index (κ3) is 3.29. The number of rotatable bonds is 2. The maximum Gasteiger partial charge on any atom is 0.123 e. The fourth-order valence-corrected chi connectivity index (χ4v) is 2.57. The van der Waals surface area contributed by atoms with E-state index >= 15 is 0 Å². The summed E-state index contributed by atoms with van der Waals surface area (Å²) in [6.07, 6.45) is 5.21. The zero-order valence-corrected chi connectivity index (χ0v) is 11.0. The second kappa shape index (κ2) is 5.78. The third-order valence-electron chi connectivity index (χ3n) is 3.10. The predicted molar refractivity (Wildman–Crippen MR) is 67.8 cm³/mol. The van der Waals surface area contributed by atoms with Gasteiger partial charge in [-0.25, -0.2) is 4.39 Å². The van der Waals surface area contributed by atoms with Crippen molar-refractivity contribution in [1.29, 1.82) is 0 Å². The molecule has 1 saturated heterocycles. The Morgan fingerprint density at radius 2 is 1.81 bits per heavy atom. The normalized spacial score (nSPS) is 18.4. The lowest BCUT2D eigenvalue weighted by Gasteiger charge is -2.20. The Kier molecular flexibility index (Phi) is 4.36. The van der Waals surface area contributed by atoms with Crippen molar-refractivity contribution in [2.24, 2.45) is 0 Å². The Morgan fingerprint density at radius 1 is 1.12 bits per heavy atom. The number of likely N-dealkylation sites (tertiary alicyclic amines) is 1. The van der Waals surface area contributed by atoms with Crippen LogP contribution in [0.2, 0.25) is 0 Å². The van der Waals surface area contributed by atoms with Gasteiger partial charge in [0.15, 0.2) is 0 Å². The summed E-state index contributed by atoms with van der Waals surface area (Å²) in [5, 5.41) is 0. The fourth-order valence-electron chi connectivity index (χ4n) is 2.20. The Hall–Kier alpha value is -0.410. The molecule has 1 aromatic rings. The first-order valence-corrected chi connectivity index (χ1v) is 6.71. The highest BCUT2D eigenvalue weighted by atomic mass is 79.9. The Balaban J connectivity index is 2.04. The summed E-state index contributed by atoms with van der Waals surface area (Å²) in [5.41, 5.74) is 1.06. The van der Waals surface area contributed by atoms with Gasteiger partial charge >= 0.3 is 0 Å². The topological polar surface area (TPSA) is 3.24 Å². The van der Waals surface area contributed by atoms with E-state index in [0.29, 0.717) is 0 Å². The zero-order valence-electron chi connectivity index (χ0n) is 9.38. The average Bonchev–Trinajstić information content (AvgIpc) is 2.52. The van der Waals surface area contributed by atoms with Gasteiger partial charge in [-0.15, -0.1) is 0 Å². The highest BCUT2D eigenvalue weighted by molar-refractivity contribution is 9.10. The molecule has 0 spiro atoms. The zero-order chi connectivity index (χ0) is 11.4. The fraction of sp³-hybridized carbons (Fsp3) is 0.538. The molecule has 2 rings (SSSR count). The third-order valence-corrected chi connectivity index (χ3v) is 3.87. The molecule has 16 heavy (non-hydrogen) atoms. The number of benzene rings is 1. The van der Waals surface area contributed by atoms with Gasteiger partial charge in [-0.3, -0.25) is 4.90 Å². The van der Waals surface area contributed by atoms with Crippen molar-refractivity contribution in [3.63, 3.8) is 0 Å². The molecule has 0 bridgehead atoms. The van der Waals surface area contributed by atoms with Crippen molar-refractivity contribution in [3.8, 4) is 0 Å². The molecule has 0 aromatic heterocycles. The highest BCUT2D eigenvalue weighted by Crippen LogP contribution is 2.21. The lowest BCUT2D eigenvalue weighted by Crippen LogP contribution is -2.24. The van der Waals surface area contributed by atoms with Crippen LogP contribution in [0.3, 0.4) is 0 Å². The summed E-state index contributed by atoms with van der Waals surface area (Å²) in [5.74, 6) is -0.145. The molecule has 1 fully saturated rings. The molecule has 0 unspecified atom stereocenters. The van der Waals surface area contributed by atoms with E-state index in [1.165, 1.54) is 31.7 Å². The molecule has 0 saturated carbocycles. The smallest absolute Gasteiger partial charge is 0.123 e. The lowest BCUT2D eigenvalue weighted by atomic mass is 10.2. The summed E-state index contributed by atoms with van der Waals surface area (Å²) in [6.45, 7) is 3.14. The van der Waals surface area contributed by atoms with Crippen molar-refractivity contribution < 1.29 is 4.39 Å². The largest absolute Gasteiger partial charge is 0.299 e.